The number of rotatable bonds is 5. The largest absolute Gasteiger partial charge is 0.292 e. The summed E-state index contributed by atoms with van der Waals surface area (Å²) in [4.78, 5) is 31.9. The lowest BCUT2D eigenvalue weighted by Gasteiger charge is -2.12. The van der Waals surface area contributed by atoms with Crippen LogP contribution in [-0.2, 0) is 13.0 Å². The fourth-order valence-electron chi connectivity index (χ4n) is 3.59. The number of ketones is 1. The molecule has 2 aromatic heterocycles. The molecule has 0 aliphatic heterocycles. The van der Waals surface area contributed by atoms with Gasteiger partial charge in [0.05, 0.1) is 11.9 Å². The van der Waals surface area contributed by atoms with Crippen molar-refractivity contribution in [2.75, 3.05) is 0 Å². The fraction of sp³-hybridized carbons (Fsp3) is 0.240. The molecule has 0 aliphatic carbocycles. The molecule has 0 radical (unpaired) electrons. The summed E-state index contributed by atoms with van der Waals surface area (Å²) in [5.74, 6) is 0.560. The number of aromatic nitrogens is 2. The third-order valence-electron chi connectivity index (χ3n) is 5.58. The van der Waals surface area contributed by atoms with Gasteiger partial charge in [-0.25, -0.2) is 4.98 Å². The topological polar surface area (TPSA) is 52.0 Å². The first-order valence-electron chi connectivity index (χ1n) is 10.1. The van der Waals surface area contributed by atoms with Gasteiger partial charge >= 0.3 is 0 Å². The Labute approximate surface area is 179 Å². The van der Waals surface area contributed by atoms with Crippen LogP contribution in [0.15, 0.2) is 52.6 Å². The van der Waals surface area contributed by atoms with E-state index < -0.39 is 0 Å². The number of hydrogen-bond donors (Lipinski definition) is 0. The monoisotopic (exact) mass is 416 g/mol. The highest BCUT2D eigenvalue weighted by Crippen LogP contribution is 2.31. The Morgan fingerprint density at radius 3 is 2.43 bits per heavy atom. The van der Waals surface area contributed by atoms with Gasteiger partial charge < -0.3 is 0 Å². The molecule has 0 aliphatic rings. The highest BCUT2D eigenvalue weighted by Gasteiger charge is 2.18. The Kier molecular flexibility index (Phi) is 5.39. The Morgan fingerprint density at radius 2 is 1.77 bits per heavy atom. The molecule has 2 aromatic carbocycles. The molecule has 0 bridgehead atoms. The molecule has 4 rings (SSSR count). The van der Waals surface area contributed by atoms with E-state index in [9.17, 15) is 9.59 Å². The maximum atomic E-state index is 13.5. The SMILES string of the molecule is CCc1nc2scc(-c3ccc(C)cc3)c2c(=O)n1CC(=O)c1ccc(C)c(C)c1. The second-order valence-electron chi connectivity index (χ2n) is 7.69. The molecule has 5 heteroatoms. The fourth-order valence-corrected chi connectivity index (χ4v) is 4.55. The van der Waals surface area contributed by atoms with Crippen molar-refractivity contribution in [1.82, 2.24) is 9.55 Å². The van der Waals surface area contributed by atoms with E-state index in [-0.39, 0.29) is 17.9 Å². The van der Waals surface area contributed by atoms with Crippen LogP contribution in [0.4, 0.5) is 0 Å². The summed E-state index contributed by atoms with van der Waals surface area (Å²) in [5, 5.41) is 2.58. The molecule has 0 fully saturated rings. The van der Waals surface area contributed by atoms with Gasteiger partial charge in [-0.1, -0.05) is 48.9 Å². The summed E-state index contributed by atoms with van der Waals surface area (Å²) in [7, 11) is 0. The van der Waals surface area contributed by atoms with E-state index in [2.05, 4.69) is 0 Å². The normalized spacial score (nSPS) is 11.2. The zero-order valence-corrected chi connectivity index (χ0v) is 18.5. The maximum absolute atomic E-state index is 13.5. The van der Waals surface area contributed by atoms with E-state index in [1.807, 2.05) is 75.5 Å². The van der Waals surface area contributed by atoms with Gasteiger partial charge in [0.25, 0.3) is 5.56 Å². The van der Waals surface area contributed by atoms with Gasteiger partial charge in [0.1, 0.15) is 10.7 Å². The minimum atomic E-state index is -0.147. The van der Waals surface area contributed by atoms with Crippen LogP contribution in [0.25, 0.3) is 21.3 Å². The molecule has 30 heavy (non-hydrogen) atoms. The molecule has 0 unspecified atom stereocenters. The molecule has 0 saturated heterocycles. The van der Waals surface area contributed by atoms with Crippen molar-refractivity contribution in [1.29, 1.82) is 0 Å². The number of hydrogen-bond acceptors (Lipinski definition) is 4. The molecule has 152 valence electrons. The van der Waals surface area contributed by atoms with Crippen LogP contribution < -0.4 is 5.56 Å². The van der Waals surface area contributed by atoms with Gasteiger partial charge in [-0.2, -0.15) is 0 Å². The second kappa shape index (κ2) is 8.00. The van der Waals surface area contributed by atoms with Crippen molar-refractivity contribution in [2.24, 2.45) is 0 Å². The Hall–Kier alpha value is -3.05. The zero-order valence-electron chi connectivity index (χ0n) is 17.7. The first kappa shape index (κ1) is 20.2. The lowest BCUT2D eigenvalue weighted by atomic mass is 10.0. The molecule has 0 N–H and O–H groups in total. The second-order valence-corrected chi connectivity index (χ2v) is 8.55. The zero-order chi connectivity index (χ0) is 21.4. The Balaban J connectivity index is 1.82. The quantitative estimate of drug-likeness (QED) is 0.404. The van der Waals surface area contributed by atoms with Crippen molar-refractivity contribution in [3.05, 3.63) is 86.3 Å². The standard InChI is InChI=1S/C25H24N2O2S/c1-5-22-26-24-23(20(14-30-24)18-9-6-15(2)7-10-18)25(29)27(22)13-21(28)19-11-8-16(3)17(4)12-19/h6-12,14H,5,13H2,1-4H3. The van der Waals surface area contributed by atoms with Crippen molar-refractivity contribution in [3.8, 4) is 11.1 Å². The van der Waals surface area contributed by atoms with Crippen LogP contribution in [0.1, 0.15) is 39.8 Å². The van der Waals surface area contributed by atoms with E-state index in [1.54, 1.807) is 4.57 Å². The average Bonchev–Trinajstić information content (AvgIpc) is 3.16. The number of carbonyl (C=O) groups is 1. The van der Waals surface area contributed by atoms with Crippen LogP contribution in [0.5, 0.6) is 0 Å². The third-order valence-corrected chi connectivity index (χ3v) is 6.45. The van der Waals surface area contributed by atoms with E-state index in [1.165, 1.54) is 16.9 Å². The summed E-state index contributed by atoms with van der Waals surface area (Å²) in [6.45, 7) is 8.00. The van der Waals surface area contributed by atoms with Crippen LogP contribution >= 0.6 is 11.3 Å². The van der Waals surface area contributed by atoms with Gasteiger partial charge in [-0.15, -0.1) is 11.3 Å². The molecule has 2 heterocycles. The Bertz CT molecular complexity index is 1310. The lowest BCUT2D eigenvalue weighted by molar-refractivity contribution is 0.0969. The van der Waals surface area contributed by atoms with E-state index in [0.29, 0.717) is 23.2 Å². The Morgan fingerprint density at radius 1 is 1.03 bits per heavy atom. The predicted molar refractivity (Wildman–Crippen MR) is 124 cm³/mol. The minimum Gasteiger partial charge on any atom is -0.292 e. The number of Topliss-reactive ketones (excluding diaryl/α,β-unsaturated/α-hetero) is 1. The summed E-state index contributed by atoms with van der Waals surface area (Å²) >= 11 is 1.47. The number of thiophene rings is 1. The molecule has 0 saturated carbocycles. The van der Waals surface area contributed by atoms with Crippen molar-refractivity contribution >= 4 is 27.3 Å². The van der Waals surface area contributed by atoms with Gasteiger partial charge in [-0.05, 0) is 43.5 Å². The molecule has 4 nitrogen and oxygen atoms in total. The first-order valence-corrected chi connectivity index (χ1v) is 11.0. The third kappa shape index (κ3) is 3.61. The van der Waals surface area contributed by atoms with Crippen LogP contribution in [0.2, 0.25) is 0 Å². The maximum Gasteiger partial charge on any atom is 0.263 e. The molecular weight excluding hydrogens is 392 g/mol. The summed E-state index contributed by atoms with van der Waals surface area (Å²) < 4.78 is 1.55. The molecule has 0 spiro atoms. The summed E-state index contributed by atoms with van der Waals surface area (Å²) in [6, 6.07) is 13.8. The van der Waals surface area contributed by atoms with Gasteiger partial charge in [0, 0.05) is 22.9 Å². The van der Waals surface area contributed by atoms with Crippen LogP contribution in [-0.4, -0.2) is 15.3 Å². The molecule has 0 amide bonds. The lowest BCUT2D eigenvalue weighted by Crippen LogP contribution is -2.28. The summed E-state index contributed by atoms with van der Waals surface area (Å²) in [6.07, 6.45) is 0.586. The van der Waals surface area contributed by atoms with E-state index >= 15 is 0 Å². The smallest absolute Gasteiger partial charge is 0.263 e. The van der Waals surface area contributed by atoms with Crippen molar-refractivity contribution < 1.29 is 4.79 Å². The van der Waals surface area contributed by atoms with Crippen LogP contribution in [0, 0.1) is 20.8 Å². The number of benzene rings is 2. The van der Waals surface area contributed by atoms with Gasteiger partial charge in [0.15, 0.2) is 5.78 Å². The van der Waals surface area contributed by atoms with Gasteiger partial charge in [-0.3, -0.25) is 14.2 Å². The predicted octanol–water partition coefficient (Wildman–Crippen LogP) is 5.50. The van der Waals surface area contributed by atoms with E-state index in [4.69, 9.17) is 4.98 Å². The van der Waals surface area contributed by atoms with Crippen LogP contribution in [0.3, 0.4) is 0 Å². The first-order chi connectivity index (χ1) is 14.4. The summed E-state index contributed by atoms with van der Waals surface area (Å²) in [5.41, 5.74) is 5.71. The highest BCUT2D eigenvalue weighted by molar-refractivity contribution is 7.17. The minimum absolute atomic E-state index is 0.00334. The molecule has 0 atom stereocenters. The average molecular weight is 417 g/mol. The molecule has 4 aromatic rings. The van der Waals surface area contributed by atoms with Gasteiger partial charge in [0.2, 0.25) is 0 Å². The number of nitrogens with zero attached hydrogens (tertiary/aromatic N) is 2. The molecular formula is C25H24N2O2S. The van der Waals surface area contributed by atoms with E-state index in [0.717, 1.165) is 27.1 Å². The number of fused-ring (bicyclic) bond motifs is 1. The number of carbonyl (C=O) groups excluding carboxylic acids is 1. The van der Waals surface area contributed by atoms with Crippen molar-refractivity contribution in [3.63, 3.8) is 0 Å². The van der Waals surface area contributed by atoms with Crippen molar-refractivity contribution in [2.45, 2.75) is 40.7 Å². The highest BCUT2D eigenvalue weighted by atomic mass is 32.1. The number of aryl methyl sites for hydroxylation is 4.